The molecule has 2 heterocycles. The first kappa shape index (κ1) is 20.8. The summed E-state index contributed by atoms with van der Waals surface area (Å²) >= 11 is 0. The number of carbonyl (C=O) groups excluding carboxylic acids is 2. The van der Waals surface area contributed by atoms with Crippen molar-refractivity contribution in [3.63, 3.8) is 0 Å². The van der Waals surface area contributed by atoms with Crippen molar-refractivity contribution in [2.24, 2.45) is 0 Å². The quantitative estimate of drug-likeness (QED) is 0.816. The van der Waals surface area contributed by atoms with Crippen LogP contribution >= 0.6 is 0 Å². The number of benzene rings is 1. The van der Waals surface area contributed by atoms with Gasteiger partial charge in [0.05, 0.1) is 6.54 Å². The number of nitrogens with one attached hydrogen (secondary N) is 2. The first-order valence-electron chi connectivity index (χ1n) is 10.6. The molecular formula is C22H34N4O2. The van der Waals surface area contributed by atoms with Crippen LogP contribution in [0.15, 0.2) is 24.3 Å². The van der Waals surface area contributed by atoms with Gasteiger partial charge in [-0.05, 0) is 56.3 Å². The Morgan fingerprint density at radius 1 is 1.21 bits per heavy atom. The molecule has 1 aromatic rings. The Balaban J connectivity index is 1.51. The highest BCUT2D eigenvalue weighted by molar-refractivity contribution is 5.92. The second-order valence-corrected chi connectivity index (χ2v) is 8.32. The number of piperidine rings is 1. The third-order valence-corrected chi connectivity index (χ3v) is 6.54. The Hall–Kier alpha value is -1.92. The summed E-state index contributed by atoms with van der Waals surface area (Å²) < 4.78 is 0. The number of hydrogen-bond donors (Lipinski definition) is 2. The smallest absolute Gasteiger partial charge is 0.240 e. The van der Waals surface area contributed by atoms with Gasteiger partial charge in [0, 0.05) is 31.9 Å². The van der Waals surface area contributed by atoms with Gasteiger partial charge in [-0.25, -0.2) is 0 Å². The zero-order chi connectivity index (χ0) is 20.1. The number of anilines is 1. The average molecular weight is 387 g/mol. The fourth-order valence-corrected chi connectivity index (χ4v) is 4.29. The molecule has 2 saturated heterocycles. The molecule has 3 rings (SSSR count). The molecule has 0 radical (unpaired) electrons. The molecule has 2 amide bonds. The summed E-state index contributed by atoms with van der Waals surface area (Å²) in [7, 11) is 2.05. The minimum absolute atomic E-state index is 0.00547. The minimum Gasteiger partial charge on any atom is -0.354 e. The zero-order valence-electron chi connectivity index (χ0n) is 17.5. The van der Waals surface area contributed by atoms with Gasteiger partial charge < -0.3 is 10.6 Å². The molecule has 0 saturated carbocycles. The van der Waals surface area contributed by atoms with Crippen LogP contribution in [-0.2, 0) is 9.59 Å². The summed E-state index contributed by atoms with van der Waals surface area (Å²) in [5.41, 5.74) is 1.73. The molecule has 0 aromatic heterocycles. The normalized spacial score (nSPS) is 21.8. The van der Waals surface area contributed by atoms with Crippen molar-refractivity contribution in [3.05, 3.63) is 29.8 Å². The monoisotopic (exact) mass is 386 g/mol. The van der Waals surface area contributed by atoms with E-state index in [0.29, 0.717) is 12.5 Å². The van der Waals surface area contributed by atoms with Crippen LogP contribution in [0.5, 0.6) is 0 Å². The highest BCUT2D eigenvalue weighted by Crippen LogP contribution is 2.30. The number of carbonyl (C=O) groups is 2. The summed E-state index contributed by atoms with van der Waals surface area (Å²) in [4.78, 5) is 29.4. The molecule has 1 aromatic carbocycles. The van der Waals surface area contributed by atoms with E-state index in [1.165, 1.54) is 5.56 Å². The van der Waals surface area contributed by atoms with Gasteiger partial charge >= 0.3 is 0 Å². The summed E-state index contributed by atoms with van der Waals surface area (Å²) in [6, 6.07) is 8.15. The Bertz CT molecular complexity index is 680. The average Bonchev–Trinajstić information content (AvgIpc) is 2.83. The van der Waals surface area contributed by atoms with Crippen LogP contribution < -0.4 is 10.6 Å². The van der Waals surface area contributed by atoms with Gasteiger partial charge in [-0.15, -0.1) is 0 Å². The molecule has 2 N–H and O–H groups in total. The van der Waals surface area contributed by atoms with E-state index < -0.39 is 5.54 Å². The predicted molar refractivity (Wildman–Crippen MR) is 112 cm³/mol. The van der Waals surface area contributed by atoms with Crippen LogP contribution in [-0.4, -0.2) is 66.9 Å². The van der Waals surface area contributed by atoms with E-state index >= 15 is 0 Å². The van der Waals surface area contributed by atoms with Gasteiger partial charge in [0.15, 0.2) is 0 Å². The van der Waals surface area contributed by atoms with Crippen molar-refractivity contribution in [2.45, 2.75) is 51.0 Å². The highest BCUT2D eigenvalue weighted by Gasteiger charge is 2.45. The SMILES string of the molecule is CC[C@@H](C)c1ccc(NC(=O)CN2CCC3(CC2)C(=O)NCCCN3C)cc1. The lowest BCUT2D eigenvalue weighted by Gasteiger charge is -2.44. The summed E-state index contributed by atoms with van der Waals surface area (Å²) in [6.45, 7) is 7.98. The van der Waals surface area contributed by atoms with E-state index in [1.54, 1.807) is 0 Å². The lowest BCUT2D eigenvalue weighted by molar-refractivity contribution is -0.135. The summed E-state index contributed by atoms with van der Waals surface area (Å²) in [5, 5.41) is 6.06. The molecule has 1 spiro atoms. The Morgan fingerprint density at radius 3 is 2.54 bits per heavy atom. The van der Waals surface area contributed by atoms with E-state index in [2.05, 4.69) is 53.5 Å². The maximum Gasteiger partial charge on any atom is 0.240 e. The van der Waals surface area contributed by atoms with E-state index in [1.807, 2.05) is 12.1 Å². The maximum absolute atomic E-state index is 12.6. The molecule has 154 valence electrons. The van der Waals surface area contributed by atoms with Gasteiger partial charge in [0.2, 0.25) is 11.8 Å². The lowest BCUT2D eigenvalue weighted by atomic mass is 9.85. The molecule has 2 aliphatic heterocycles. The van der Waals surface area contributed by atoms with Crippen LogP contribution in [0, 0.1) is 0 Å². The number of rotatable bonds is 5. The number of nitrogens with zero attached hydrogens (tertiary/aromatic N) is 2. The molecule has 6 nitrogen and oxygen atoms in total. The predicted octanol–water partition coefficient (Wildman–Crippen LogP) is 2.42. The maximum atomic E-state index is 12.6. The number of amides is 2. The Labute approximate surface area is 168 Å². The fourth-order valence-electron chi connectivity index (χ4n) is 4.29. The second-order valence-electron chi connectivity index (χ2n) is 8.32. The van der Waals surface area contributed by atoms with Crippen molar-refractivity contribution in [2.75, 3.05) is 45.1 Å². The lowest BCUT2D eigenvalue weighted by Crippen LogP contribution is -2.61. The molecule has 28 heavy (non-hydrogen) atoms. The van der Waals surface area contributed by atoms with Gasteiger partial charge in [-0.1, -0.05) is 26.0 Å². The van der Waals surface area contributed by atoms with E-state index in [4.69, 9.17) is 0 Å². The number of likely N-dealkylation sites (N-methyl/N-ethyl adjacent to an activating group) is 1. The third kappa shape index (κ3) is 4.55. The van der Waals surface area contributed by atoms with Crippen molar-refractivity contribution in [1.29, 1.82) is 0 Å². The van der Waals surface area contributed by atoms with Crippen molar-refractivity contribution in [3.8, 4) is 0 Å². The number of hydrogen-bond acceptors (Lipinski definition) is 4. The molecule has 0 aliphatic carbocycles. The zero-order valence-corrected chi connectivity index (χ0v) is 17.5. The van der Waals surface area contributed by atoms with E-state index in [0.717, 1.165) is 57.5 Å². The van der Waals surface area contributed by atoms with Crippen LogP contribution in [0.3, 0.4) is 0 Å². The summed E-state index contributed by atoms with van der Waals surface area (Å²) in [5.74, 6) is 0.689. The highest BCUT2D eigenvalue weighted by atomic mass is 16.2. The topological polar surface area (TPSA) is 64.7 Å². The van der Waals surface area contributed by atoms with Gasteiger partial charge in [0.1, 0.15) is 5.54 Å². The Morgan fingerprint density at radius 2 is 1.89 bits per heavy atom. The fraction of sp³-hybridized carbons (Fsp3) is 0.636. The molecule has 6 heteroatoms. The van der Waals surface area contributed by atoms with Gasteiger partial charge in [-0.3, -0.25) is 19.4 Å². The molecule has 0 bridgehead atoms. The van der Waals surface area contributed by atoms with Crippen molar-refractivity contribution in [1.82, 2.24) is 15.1 Å². The first-order valence-corrected chi connectivity index (χ1v) is 10.6. The van der Waals surface area contributed by atoms with Crippen LogP contribution in [0.1, 0.15) is 51.0 Å². The first-order chi connectivity index (χ1) is 13.4. The van der Waals surface area contributed by atoms with Gasteiger partial charge in [0.25, 0.3) is 0 Å². The van der Waals surface area contributed by atoms with Crippen LogP contribution in [0.4, 0.5) is 5.69 Å². The van der Waals surface area contributed by atoms with Crippen molar-refractivity contribution >= 4 is 17.5 Å². The third-order valence-electron chi connectivity index (χ3n) is 6.54. The van der Waals surface area contributed by atoms with E-state index in [-0.39, 0.29) is 11.8 Å². The molecule has 1 atom stereocenters. The molecule has 2 fully saturated rings. The van der Waals surface area contributed by atoms with Gasteiger partial charge in [-0.2, -0.15) is 0 Å². The van der Waals surface area contributed by atoms with Crippen LogP contribution in [0.25, 0.3) is 0 Å². The minimum atomic E-state index is -0.407. The Kier molecular flexibility index (Phi) is 6.73. The number of likely N-dealkylation sites (tertiary alicyclic amines) is 1. The molecule has 0 unspecified atom stereocenters. The largest absolute Gasteiger partial charge is 0.354 e. The van der Waals surface area contributed by atoms with Crippen LogP contribution in [0.2, 0.25) is 0 Å². The van der Waals surface area contributed by atoms with Crippen molar-refractivity contribution < 1.29 is 9.59 Å². The molecular weight excluding hydrogens is 352 g/mol. The summed E-state index contributed by atoms with van der Waals surface area (Å²) in [6.07, 6.45) is 3.64. The molecule has 2 aliphatic rings. The second kappa shape index (κ2) is 9.05. The standard InChI is InChI=1S/C22H34N4O2/c1-4-17(2)18-6-8-19(9-7-18)24-20(27)16-26-14-10-22(11-15-26)21(28)23-12-5-13-25(22)3/h6-9,17H,4-5,10-16H2,1-3H3,(H,23,28)(H,24,27)/t17-/m1/s1. The van der Waals surface area contributed by atoms with E-state index in [9.17, 15) is 9.59 Å².